The van der Waals surface area contributed by atoms with Gasteiger partial charge in [0.2, 0.25) is 0 Å². The van der Waals surface area contributed by atoms with Crippen molar-refractivity contribution < 1.29 is 1.43 Å². The Bertz CT molecular complexity index is 642. The lowest BCUT2D eigenvalue weighted by atomic mass is 9.95. The van der Waals surface area contributed by atoms with E-state index in [1.807, 2.05) is 18.2 Å². The molecule has 0 bridgehead atoms. The number of para-hydroxylation sites is 1. The summed E-state index contributed by atoms with van der Waals surface area (Å²) < 4.78 is 0. The van der Waals surface area contributed by atoms with Crippen LogP contribution >= 0.6 is 0 Å². The van der Waals surface area contributed by atoms with E-state index in [0.29, 0.717) is 12.0 Å². The van der Waals surface area contributed by atoms with Crippen molar-refractivity contribution >= 4 is 5.69 Å². The first kappa shape index (κ1) is 14.7. The van der Waals surface area contributed by atoms with E-state index in [2.05, 4.69) is 66.5 Å². The van der Waals surface area contributed by atoms with Gasteiger partial charge in [-0.15, -0.1) is 0 Å². The van der Waals surface area contributed by atoms with Gasteiger partial charge < -0.3 is 5.32 Å². The van der Waals surface area contributed by atoms with E-state index >= 15 is 0 Å². The van der Waals surface area contributed by atoms with Crippen molar-refractivity contribution in [3.05, 3.63) is 66.2 Å². The Hall–Kier alpha value is -2.20. The predicted molar refractivity (Wildman–Crippen MR) is 94.8 cm³/mol. The van der Waals surface area contributed by atoms with E-state index in [9.17, 15) is 0 Å². The van der Waals surface area contributed by atoms with E-state index < -0.39 is 0 Å². The summed E-state index contributed by atoms with van der Waals surface area (Å²) in [4.78, 5) is 0. The van der Waals surface area contributed by atoms with Crippen molar-refractivity contribution in [1.82, 2.24) is 0 Å². The lowest BCUT2D eigenvalue weighted by Gasteiger charge is -2.13. The van der Waals surface area contributed by atoms with Gasteiger partial charge in [-0.1, -0.05) is 55.2 Å². The summed E-state index contributed by atoms with van der Waals surface area (Å²) in [6.07, 6.45) is 3.47. The van der Waals surface area contributed by atoms with Gasteiger partial charge in [-0.3, -0.25) is 0 Å². The highest BCUT2D eigenvalue weighted by molar-refractivity contribution is 5.43. The van der Waals surface area contributed by atoms with Crippen LogP contribution in [0.5, 0.6) is 0 Å². The summed E-state index contributed by atoms with van der Waals surface area (Å²) in [7, 11) is 0. The first-order valence-corrected chi connectivity index (χ1v) is 8.17. The fourth-order valence-electron chi connectivity index (χ4n) is 3.31. The molecule has 1 saturated carbocycles. The molecule has 3 unspecified atom stereocenters. The van der Waals surface area contributed by atoms with Crippen LogP contribution in [0.1, 0.15) is 33.2 Å². The van der Waals surface area contributed by atoms with Crippen LogP contribution in [-0.2, 0) is 0 Å². The van der Waals surface area contributed by atoms with Gasteiger partial charge in [0.15, 0.2) is 0 Å². The molecule has 0 aromatic heterocycles. The summed E-state index contributed by atoms with van der Waals surface area (Å²) in [6, 6.07) is 21.4. The molecular weight excluding hydrogens is 266 g/mol. The molecule has 0 heterocycles. The van der Waals surface area contributed by atoms with Gasteiger partial charge in [-0.2, -0.15) is 0 Å². The maximum absolute atomic E-state index is 3.66. The number of nitrogens with one attached hydrogen (secondary N) is 1. The van der Waals surface area contributed by atoms with Gasteiger partial charge in [-0.25, -0.2) is 0 Å². The van der Waals surface area contributed by atoms with Crippen LogP contribution in [-0.4, -0.2) is 6.04 Å². The third kappa shape index (κ3) is 3.92. The fourth-order valence-corrected chi connectivity index (χ4v) is 3.31. The van der Waals surface area contributed by atoms with Crippen molar-refractivity contribution in [1.29, 1.82) is 0 Å². The van der Waals surface area contributed by atoms with Crippen molar-refractivity contribution in [2.75, 3.05) is 5.32 Å². The molecule has 0 saturated heterocycles. The van der Waals surface area contributed by atoms with Crippen molar-refractivity contribution in [2.45, 2.75) is 32.2 Å². The Labute approximate surface area is 135 Å². The Morgan fingerprint density at radius 2 is 1.68 bits per heavy atom. The maximum atomic E-state index is 3.66. The summed E-state index contributed by atoms with van der Waals surface area (Å²) in [6.45, 7) is 2.36. The van der Waals surface area contributed by atoms with Gasteiger partial charge in [0.25, 0.3) is 0 Å². The van der Waals surface area contributed by atoms with Crippen molar-refractivity contribution in [3.8, 4) is 11.8 Å². The molecule has 2 aromatic carbocycles. The molecule has 0 aliphatic heterocycles. The molecule has 1 aliphatic carbocycles. The van der Waals surface area contributed by atoms with E-state index in [1.165, 1.54) is 18.5 Å². The van der Waals surface area contributed by atoms with Crippen LogP contribution in [0, 0.1) is 23.7 Å². The molecular formula is C21H24N+. The van der Waals surface area contributed by atoms with Crippen molar-refractivity contribution in [2.24, 2.45) is 11.8 Å². The monoisotopic (exact) mass is 290 g/mol. The lowest BCUT2D eigenvalue weighted by Crippen LogP contribution is -2.15. The highest BCUT2D eigenvalue weighted by Crippen LogP contribution is 2.35. The molecule has 0 spiro atoms. The summed E-state index contributed by atoms with van der Waals surface area (Å²) in [5.74, 6) is 8.11. The molecule has 2 aromatic rings. The highest BCUT2D eigenvalue weighted by Gasteiger charge is 2.30. The van der Waals surface area contributed by atoms with Crippen LogP contribution in [0.25, 0.3) is 0 Å². The molecule has 1 nitrogen and oxygen atoms in total. The third-order valence-corrected chi connectivity index (χ3v) is 4.56. The van der Waals surface area contributed by atoms with E-state index in [-0.39, 0.29) is 1.43 Å². The Balaban J connectivity index is 0.00000192. The normalized spacial score (nSPS) is 23.6. The molecule has 1 aliphatic rings. The summed E-state index contributed by atoms with van der Waals surface area (Å²) >= 11 is 0. The van der Waals surface area contributed by atoms with Crippen LogP contribution < -0.4 is 5.32 Å². The minimum absolute atomic E-state index is 0. The zero-order chi connectivity index (χ0) is 15.2. The Morgan fingerprint density at radius 3 is 2.41 bits per heavy atom. The van der Waals surface area contributed by atoms with Crippen LogP contribution in [0.15, 0.2) is 60.7 Å². The SMILES string of the molecule is CC1CC(Nc2ccccc2)CC1CC#Cc1ccccc1.[H+]. The predicted octanol–water partition coefficient (Wildman–Crippen LogP) is 5.07. The van der Waals surface area contributed by atoms with Crippen molar-refractivity contribution in [3.63, 3.8) is 0 Å². The average molecular weight is 290 g/mol. The number of hydrogen-bond acceptors (Lipinski definition) is 1. The van der Waals surface area contributed by atoms with Gasteiger partial charge >= 0.3 is 1.43 Å². The molecule has 0 amide bonds. The minimum atomic E-state index is 0. The molecule has 1 fully saturated rings. The van der Waals surface area contributed by atoms with Crippen LogP contribution in [0.2, 0.25) is 0 Å². The minimum Gasteiger partial charge on any atom is -0.382 e. The number of benzene rings is 2. The third-order valence-electron chi connectivity index (χ3n) is 4.56. The first-order valence-electron chi connectivity index (χ1n) is 8.17. The average Bonchev–Trinajstić information content (AvgIpc) is 2.89. The quantitative estimate of drug-likeness (QED) is 0.778. The largest absolute Gasteiger partial charge is 1.00 e. The highest BCUT2D eigenvalue weighted by atomic mass is 14.9. The number of anilines is 1. The zero-order valence-corrected chi connectivity index (χ0v) is 13.1. The van der Waals surface area contributed by atoms with Gasteiger partial charge in [0.05, 0.1) is 0 Å². The smallest absolute Gasteiger partial charge is 0.382 e. The number of rotatable bonds is 3. The first-order chi connectivity index (χ1) is 10.8. The second-order valence-corrected chi connectivity index (χ2v) is 6.29. The van der Waals surface area contributed by atoms with Gasteiger partial charge in [-0.05, 0) is 48.9 Å². The van der Waals surface area contributed by atoms with Crippen LogP contribution in [0.4, 0.5) is 5.69 Å². The maximum Gasteiger partial charge on any atom is 1.00 e. The van der Waals surface area contributed by atoms with E-state index in [4.69, 9.17) is 0 Å². The van der Waals surface area contributed by atoms with E-state index in [1.54, 1.807) is 0 Å². The molecule has 22 heavy (non-hydrogen) atoms. The zero-order valence-electron chi connectivity index (χ0n) is 14.1. The lowest BCUT2D eigenvalue weighted by molar-refractivity contribution is 0.429. The molecule has 112 valence electrons. The Kier molecular flexibility index (Phi) is 4.81. The number of hydrogen-bond donors (Lipinski definition) is 1. The fraction of sp³-hybridized carbons (Fsp3) is 0.333. The summed E-state index contributed by atoms with van der Waals surface area (Å²) in [5, 5.41) is 3.66. The standard InChI is InChI=1S/C21H23N/c1-17-15-21(22-20-13-6-3-7-14-20)16-19(17)12-8-11-18-9-4-2-5-10-18/h2-7,9-10,13-14,17,19,21-22H,12,15-16H2,1H3/p+1. The second-order valence-electron chi connectivity index (χ2n) is 6.29. The molecule has 0 radical (unpaired) electrons. The molecule has 3 rings (SSSR count). The topological polar surface area (TPSA) is 12.0 Å². The van der Waals surface area contributed by atoms with Gasteiger partial charge in [0, 0.05) is 23.7 Å². The Morgan fingerprint density at radius 1 is 1.00 bits per heavy atom. The summed E-state index contributed by atoms with van der Waals surface area (Å²) in [5.41, 5.74) is 2.35. The second kappa shape index (κ2) is 7.18. The van der Waals surface area contributed by atoms with Crippen LogP contribution in [0.3, 0.4) is 0 Å². The molecule has 3 atom stereocenters. The molecule has 1 heteroatoms. The molecule has 1 N–H and O–H groups in total. The van der Waals surface area contributed by atoms with Gasteiger partial charge in [0.1, 0.15) is 0 Å². The van der Waals surface area contributed by atoms with E-state index in [0.717, 1.165) is 17.9 Å².